The van der Waals surface area contributed by atoms with E-state index in [9.17, 15) is 14.7 Å². The maximum Gasteiger partial charge on any atom is 0.308 e. The third-order valence-electron chi connectivity index (χ3n) is 3.45. The van der Waals surface area contributed by atoms with Crippen LogP contribution in [0.15, 0.2) is 0 Å². The maximum absolute atomic E-state index is 11.7. The molecule has 1 rings (SSSR count). The van der Waals surface area contributed by atoms with Crippen LogP contribution in [0.4, 0.5) is 0 Å². The molecule has 6 heteroatoms. The fraction of sp³-hybridized carbons (Fsp3) is 0.846. The molecule has 6 nitrogen and oxygen atoms in total. The predicted molar refractivity (Wildman–Crippen MR) is 70.9 cm³/mol. The summed E-state index contributed by atoms with van der Waals surface area (Å²) in [5, 5.41) is 15.0. The molecule has 0 aromatic rings. The molecule has 1 amide bonds. The second kappa shape index (κ2) is 8.87. The molecule has 1 fully saturated rings. The van der Waals surface area contributed by atoms with E-state index < -0.39 is 11.9 Å². The maximum atomic E-state index is 11.7. The van der Waals surface area contributed by atoms with Crippen molar-refractivity contribution in [1.29, 1.82) is 0 Å². The zero-order valence-corrected chi connectivity index (χ0v) is 11.5. The fourth-order valence-electron chi connectivity index (χ4n) is 2.41. The van der Waals surface area contributed by atoms with E-state index in [1.807, 2.05) is 0 Å². The molecule has 0 aliphatic heterocycles. The van der Waals surface area contributed by atoms with Crippen molar-refractivity contribution in [1.82, 2.24) is 10.6 Å². The van der Waals surface area contributed by atoms with Crippen LogP contribution >= 0.6 is 0 Å². The molecule has 3 N–H and O–H groups in total. The highest BCUT2D eigenvalue weighted by Gasteiger charge is 2.30. The lowest BCUT2D eigenvalue weighted by atomic mass is 9.95. The molecule has 1 aliphatic rings. The Morgan fingerprint density at radius 3 is 2.68 bits per heavy atom. The number of methoxy groups -OCH3 is 1. The van der Waals surface area contributed by atoms with Crippen LogP contribution in [0.5, 0.6) is 0 Å². The number of aliphatic carboxylic acids is 1. The van der Waals surface area contributed by atoms with Crippen LogP contribution in [0.1, 0.15) is 32.1 Å². The van der Waals surface area contributed by atoms with Crippen molar-refractivity contribution in [2.45, 2.75) is 38.1 Å². The largest absolute Gasteiger partial charge is 0.481 e. The Morgan fingerprint density at radius 1 is 1.26 bits per heavy atom. The van der Waals surface area contributed by atoms with E-state index in [1.54, 1.807) is 7.11 Å². The van der Waals surface area contributed by atoms with Gasteiger partial charge in [0.05, 0.1) is 19.1 Å². The van der Waals surface area contributed by atoms with Crippen molar-refractivity contribution in [2.75, 3.05) is 26.8 Å². The van der Waals surface area contributed by atoms with Gasteiger partial charge in [-0.05, 0) is 12.8 Å². The summed E-state index contributed by atoms with van der Waals surface area (Å²) < 4.78 is 4.87. The van der Waals surface area contributed by atoms with Crippen LogP contribution in [0.25, 0.3) is 0 Å². The Balaban J connectivity index is 2.38. The molecule has 0 aromatic heterocycles. The summed E-state index contributed by atoms with van der Waals surface area (Å²) in [5.74, 6) is -1.40. The molecule has 1 aliphatic carbocycles. The Bertz CT molecular complexity index is 296. The lowest BCUT2D eigenvalue weighted by Gasteiger charge is -2.22. The summed E-state index contributed by atoms with van der Waals surface area (Å²) in [7, 11) is 1.60. The Kier molecular flexibility index (Phi) is 7.43. The van der Waals surface area contributed by atoms with Crippen LogP contribution in [0.2, 0.25) is 0 Å². The number of nitrogens with one attached hydrogen (secondary N) is 2. The molecule has 0 spiro atoms. The molecule has 0 heterocycles. The minimum atomic E-state index is -0.806. The summed E-state index contributed by atoms with van der Waals surface area (Å²) in [5.41, 5.74) is 0. The number of carbonyl (C=O) groups is 2. The van der Waals surface area contributed by atoms with E-state index in [-0.39, 0.29) is 18.5 Å². The van der Waals surface area contributed by atoms with Crippen LogP contribution in [-0.4, -0.2) is 49.8 Å². The number of ether oxygens (including phenoxy) is 1. The molecule has 0 radical (unpaired) electrons. The van der Waals surface area contributed by atoms with Crippen LogP contribution < -0.4 is 10.6 Å². The predicted octanol–water partition coefficient (Wildman–Crippen LogP) is 0.372. The van der Waals surface area contributed by atoms with E-state index in [0.29, 0.717) is 19.6 Å². The number of rotatable bonds is 7. The van der Waals surface area contributed by atoms with Gasteiger partial charge in [0.2, 0.25) is 5.91 Å². The topological polar surface area (TPSA) is 87.7 Å². The Morgan fingerprint density at radius 2 is 2.00 bits per heavy atom. The second-order valence-corrected chi connectivity index (χ2v) is 4.93. The second-order valence-electron chi connectivity index (χ2n) is 4.93. The minimum Gasteiger partial charge on any atom is -0.481 e. The van der Waals surface area contributed by atoms with Gasteiger partial charge in [0, 0.05) is 19.7 Å². The highest BCUT2D eigenvalue weighted by molar-refractivity contribution is 5.79. The zero-order chi connectivity index (χ0) is 14.1. The van der Waals surface area contributed by atoms with Gasteiger partial charge in [0.1, 0.15) is 0 Å². The lowest BCUT2D eigenvalue weighted by molar-refractivity contribution is -0.143. The quantitative estimate of drug-likeness (QED) is 0.460. The fourth-order valence-corrected chi connectivity index (χ4v) is 2.41. The van der Waals surface area contributed by atoms with Crippen LogP contribution in [0, 0.1) is 5.92 Å². The van der Waals surface area contributed by atoms with Gasteiger partial charge >= 0.3 is 5.97 Å². The number of carboxylic acid groups (broad SMARTS) is 1. The van der Waals surface area contributed by atoms with Gasteiger partial charge in [-0.25, -0.2) is 0 Å². The van der Waals surface area contributed by atoms with Gasteiger partial charge < -0.3 is 20.5 Å². The van der Waals surface area contributed by atoms with Gasteiger partial charge in [0.15, 0.2) is 0 Å². The normalized spacial score (nSPS) is 23.6. The standard InChI is InChI=1S/C13H24N2O4/c1-19-8-7-14-9-12(16)15-11-6-4-2-3-5-10(11)13(17)18/h10-11,14H,2-9H2,1H3,(H,15,16)(H,17,18). The van der Waals surface area contributed by atoms with Crippen molar-refractivity contribution in [2.24, 2.45) is 5.92 Å². The van der Waals surface area contributed by atoms with Crippen molar-refractivity contribution in [3.63, 3.8) is 0 Å². The van der Waals surface area contributed by atoms with Crippen molar-refractivity contribution < 1.29 is 19.4 Å². The van der Waals surface area contributed by atoms with Crippen molar-refractivity contribution in [3.05, 3.63) is 0 Å². The van der Waals surface area contributed by atoms with E-state index in [4.69, 9.17) is 4.74 Å². The SMILES string of the molecule is COCCNCC(=O)NC1CCCCCC1C(=O)O. The molecule has 2 unspecified atom stereocenters. The summed E-state index contributed by atoms with van der Waals surface area (Å²) in [4.78, 5) is 23.0. The molecule has 0 saturated heterocycles. The molecule has 2 atom stereocenters. The lowest BCUT2D eigenvalue weighted by Crippen LogP contribution is -2.46. The molecular weight excluding hydrogens is 248 g/mol. The summed E-state index contributed by atoms with van der Waals surface area (Å²) >= 11 is 0. The third-order valence-corrected chi connectivity index (χ3v) is 3.45. The number of hydrogen-bond acceptors (Lipinski definition) is 4. The highest BCUT2D eigenvalue weighted by Crippen LogP contribution is 2.23. The first-order chi connectivity index (χ1) is 9.15. The molecule has 110 valence electrons. The summed E-state index contributed by atoms with van der Waals surface area (Å²) in [6, 6.07) is -0.239. The third kappa shape index (κ3) is 6.02. The molecule has 0 bridgehead atoms. The molecule has 1 saturated carbocycles. The first-order valence-corrected chi connectivity index (χ1v) is 6.87. The van der Waals surface area contributed by atoms with Crippen LogP contribution in [-0.2, 0) is 14.3 Å². The van der Waals surface area contributed by atoms with Crippen LogP contribution in [0.3, 0.4) is 0 Å². The van der Waals surface area contributed by atoms with E-state index in [1.165, 1.54) is 0 Å². The number of carboxylic acids is 1. The van der Waals surface area contributed by atoms with E-state index >= 15 is 0 Å². The smallest absolute Gasteiger partial charge is 0.308 e. The Hall–Kier alpha value is -1.14. The van der Waals surface area contributed by atoms with Gasteiger partial charge in [-0.3, -0.25) is 9.59 Å². The average molecular weight is 272 g/mol. The van der Waals surface area contributed by atoms with E-state index in [0.717, 1.165) is 25.7 Å². The van der Waals surface area contributed by atoms with Gasteiger partial charge in [-0.2, -0.15) is 0 Å². The molecule has 19 heavy (non-hydrogen) atoms. The molecule has 0 aromatic carbocycles. The average Bonchev–Trinajstić information content (AvgIpc) is 2.60. The van der Waals surface area contributed by atoms with Crippen molar-refractivity contribution in [3.8, 4) is 0 Å². The first-order valence-electron chi connectivity index (χ1n) is 6.87. The Labute approximate surface area is 113 Å². The highest BCUT2D eigenvalue weighted by atomic mass is 16.5. The summed E-state index contributed by atoms with van der Waals surface area (Å²) in [6.45, 7) is 1.36. The summed E-state index contributed by atoms with van der Waals surface area (Å²) in [6.07, 6.45) is 4.35. The van der Waals surface area contributed by atoms with Gasteiger partial charge in [-0.15, -0.1) is 0 Å². The van der Waals surface area contributed by atoms with Gasteiger partial charge in [0.25, 0.3) is 0 Å². The molecular formula is C13H24N2O4. The first kappa shape index (κ1) is 15.9. The number of hydrogen-bond donors (Lipinski definition) is 3. The van der Waals surface area contributed by atoms with Gasteiger partial charge in [-0.1, -0.05) is 19.3 Å². The minimum absolute atomic E-state index is 0.144. The van der Waals surface area contributed by atoms with E-state index in [2.05, 4.69) is 10.6 Å². The monoisotopic (exact) mass is 272 g/mol. The number of carbonyl (C=O) groups excluding carboxylic acids is 1. The number of amides is 1. The van der Waals surface area contributed by atoms with Crippen molar-refractivity contribution >= 4 is 11.9 Å². The zero-order valence-electron chi connectivity index (χ0n) is 11.5.